The molecule has 1 saturated carbocycles. The number of amides is 4. The van der Waals surface area contributed by atoms with Gasteiger partial charge in [-0.25, -0.2) is 14.1 Å². The van der Waals surface area contributed by atoms with Gasteiger partial charge in [0.05, 0.1) is 16.6 Å². The second-order valence-electron chi connectivity index (χ2n) is 6.13. The molecule has 2 aromatic rings. The molecule has 0 spiro atoms. The molecule has 4 rings (SSSR count). The van der Waals surface area contributed by atoms with Crippen LogP contribution in [0.25, 0.3) is 0 Å². The first-order valence-corrected chi connectivity index (χ1v) is 9.10. The van der Waals surface area contributed by atoms with Crippen molar-refractivity contribution in [3.63, 3.8) is 0 Å². The molecule has 9 heteroatoms. The Morgan fingerprint density at radius 3 is 2.77 bits per heavy atom. The molecule has 2 aliphatic rings. The lowest BCUT2D eigenvalue weighted by molar-refractivity contribution is -0.117. The largest absolute Gasteiger partial charge is 0.329 e. The summed E-state index contributed by atoms with van der Waals surface area (Å²) in [6, 6.07) is 6.84. The summed E-state index contributed by atoms with van der Waals surface area (Å²) < 4.78 is 14.7. The van der Waals surface area contributed by atoms with Gasteiger partial charge in [-0.15, -0.1) is 11.3 Å². The van der Waals surface area contributed by atoms with E-state index in [9.17, 15) is 18.8 Å². The van der Waals surface area contributed by atoms with Gasteiger partial charge in [0.1, 0.15) is 5.82 Å². The molecule has 2 atom stereocenters. The first kappa shape index (κ1) is 17.0. The van der Waals surface area contributed by atoms with E-state index in [-0.39, 0.29) is 30.0 Å². The molecule has 1 aromatic carbocycles. The van der Waals surface area contributed by atoms with E-state index in [0.717, 1.165) is 22.3 Å². The number of halogens is 2. The van der Waals surface area contributed by atoms with Crippen molar-refractivity contribution < 1.29 is 18.8 Å². The van der Waals surface area contributed by atoms with Crippen molar-refractivity contribution in [1.82, 2.24) is 5.32 Å². The molecule has 6 nitrogen and oxygen atoms in total. The third-order valence-electron chi connectivity index (χ3n) is 4.38. The molecule has 2 fully saturated rings. The second-order valence-corrected chi connectivity index (χ2v) is 7.88. The van der Waals surface area contributed by atoms with Crippen molar-refractivity contribution in [1.29, 1.82) is 0 Å². The Balaban J connectivity index is 1.49. The highest BCUT2D eigenvalue weighted by Crippen LogP contribution is 2.50. The molecular weight excluding hydrogens is 381 g/mol. The van der Waals surface area contributed by atoms with Crippen LogP contribution in [0.1, 0.15) is 17.2 Å². The predicted molar refractivity (Wildman–Crippen MR) is 96.1 cm³/mol. The van der Waals surface area contributed by atoms with Crippen molar-refractivity contribution in [2.24, 2.45) is 5.92 Å². The molecule has 2 heterocycles. The Hall–Kier alpha value is -2.45. The monoisotopic (exact) mass is 393 g/mol. The summed E-state index contributed by atoms with van der Waals surface area (Å²) in [6.45, 7) is -0.179. The third kappa shape index (κ3) is 3.06. The van der Waals surface area contributed by atoms with Crippen molar-refractivity contribution in [3.05, 3.63) is 45.4 Å². The summed E-state index contributed by atoms with van der Waals surface area (Å²) in [4.78, 5) is 37.7. The zero-order chi connectivity index (χ0) is 18.4. The highest BCUT2D eigenvalue weighted by atomic mass is 35.5. The van der Waals surface area contributed by atoms with Gasteiger partial charge in [-0.2, -0.15) is 0 Å². The minimum absolute atomic E-state index is 0.137. The fourth-order valence-electron chi connectivity index (χ4n) is 2.99. The SMILES string of the molecule is O=C(Nc1ccc(F)c(N2C(=O)CNC2=O)c1)[C@@H]1C[C@H]1c1ccc(Cl)s1. The van der Waals surface area contributed by atoms with E-state index in [4.69, 9.17) is 11.6 Å². The Morgan fingerprint density at radius 1 is 1.31 bits per heavy atom. The lowest BCUT2D eigenvalue weighted by Gasteiger charge is -2.15. The van der Waals surface area contributed by atoms with Crippen molar-refractivity contribution in [2.45, 2.75) is 12.3 Å². The number of rotatable bonds is 4. The molecule has 2 N–H and O–H groups in total. The van der Waals surface area contributed by atoms with Crippen LogP contribution in [-0.4, -0.2) is 24.4 Å². The highest BCUT2D eigenvalue weighted by molar-refractivity contribution is 7.16. The standard InChI is InChI=1S/C17H13ClFN3O3S/c18-14-4-3-13(26-14)9-6-10(9)16(24)21-8-1-2-11(19)12(5-8)22-15(23)7-20-17(22)25/h1-5,9-10H,6-7H2,(H,20,25)(H,21,24)/t9-,10-/m1/s1. The Bertz CT molecular complexity index is 916. The van der Waals surface area contributed by atoms with E-state index in [1.807, 2.05) is 6.07 Å². The van der Waals surface area contributed by atoms with Crippen LogP contribution >= 0.6 is 22.9 Å². The molecule has 4 amide bonds. The molecule has 0 unspecified atom stereocenters. The molecule has 1 aliphatic heterocycles. The van der Waals surface area contributed by atoms with Gasteiger partial charge in [0, 0.05) is 22.4 Å². The van der Waals surface area contributed by atoms with Crippen LogP contribution in [0.3, 0.4) is 0 Å². The summed E-state index contributed by atoms with van der Waals surface area (Å²) in [5, 5.41) is 5.06. The number of carbonyl (C=O) groups is 3. The average molecular weight is 394 g/mol. The number of carbonyl (C=O) groups excluding carboxylic acids is 3. The number of nitrogens with zero attached hydrogens (tertiary/aromatic N) is 1. The number of hydrogen-bond acceptors (Lipinski definition) is 4. The third-order valence-corrected chi connectivity index (χ3v) is 5.75. The zero-order valence-electron chi connectivity index (χ0n) is 13.3. The second kappa shape index (κ2) is 6.37. The average Bonchev–Trinajstić information content (AvgIpc) is 3.19. The van der Waals surface area contributed by atoms with Gasteiger partial charge in [-0.1, -0.05) is 11.6 Å². The van der Waals surface area contributed by atoms with Crippen LogP contribution in [0.2, 0.25) is 4.34 Å². The van der Waals surface area contributed by atoms with Gasteiger partial charge in [-0.3, -0.25) is 9.59 Å². The van der Waals surface area contributed by atoms with E-state index in [1.165, 1.54) is 23.5 Å². The van der Waals surface area contributed by atoms with Crippen LogP contribution in [0, 0.1) is 11.7 Å². The molecule has 1 aliphatic carbocycles. The van der Waals surface area contributed by atoms with Gasteiger partial charge in [0.25, 0.3) is 5.91 Å². The van der Waals surface area contributed by atoms with Crippen LogP contribution in [0.4, 0.5) is 20.6 Å². The van der Waals surface area contributed by atoms with Gasteiger partial charge >= 0.3 is 6.03 Å². The van der Waals surface area contributed by atoms with Crippen molar-refractivity contribution >= 4 is 52.2 Å². The Labute approximate surface area is 156 Å². The topological polar surface area (TPSA) is 78.5 Å². The van der Waals surface area contributed by atoms with Crippen molar-refractivity contribution in [3.8, 4) is 0 Å². The van der Waals surface area contributed by atoms with Gasteiger partial charge in [0.15, 0.2) is 0 Å². The van der Waals surface area contributed by atoms with E-state index in [1.54, 1.807) is 6.07 Å². The number of anilines is 2. The summed E-state index contributed by atoms with van der Waals surface area (Å²) in [6.07, 6.45) is 0.726. The van der Waals surface area contributed by atoms with E-state index < -0.39 is 17.8 Å². The van der Waals surface area contributed by atoms with Gasteiger partial charge < -0.3 is 10.6 Å². The van der Waals surface area contributed by atoms with Crippen LogP contribution in [0.5, 0.6) is 0 Å². The van der Waals surface area contributed by atoms with Crippen LogP contribution in [-0.2, 0) is 9.59 Å². The minimum Gasteiger partial charge on any atom is -0.328 e. The molecule has 134 valence electrons. The number of imide groups is 1. The highest BCUT2D eigenvalue weighted by Gasteiger charge is 2.45. The quantitative estimate of drug-likeness (QED) is 0.782. The predicted octanol–water partition coefficient (Wildman–Crippen LogP) is 3.34. The normalized spacial score (nSPS) is 21.7. The summed E-state index contributed by atoms with van der Waals surface area (Å²) in [5.74, 6) is -1.48. The number of thiophene rings is 1. The molecule has 0 radical (unpaired) electrons. The number of nitrogens with one attached hydrogen (secondary N) is 2. The summed E-state index contributed by atoms with van der Waals surface area (Å²) >= 11 is 7.38. The number of hydrogen-bond donors (Lipinski definition) is 2. The maximum atomic E-state index is 14.1. The first-order chi connectivity index (χ1) is 12.4. The fourth-order valence-corrected chi connectivity index (χ4v) is 4.23. The van der Waals surface area contributed by atoms with Crippen LogP contribution in [0.15, 0.2) is 30.3 Å². The van der Waals surface area contributed by atoms with Gasteiger partial charge in [0.2, 0.25) is 5.91 Å². The summed E-state index contributed by atoms with van der Waals surface area (Å²) in [5.41, 5.74) is 0.147. The van der Waals surface area contributed by atoms with Crippen molar-refractivity contribution in [2.75, 3.05) is 16.8 Å². The molecular formula is C17H13ClFN3O3S. The molecule has 26 heavy (non-hydrogen) atoms. The maximum Gasteiger partial charge on any atom is 0.329 e. The Morgan fingerprint density at radius 2 is 2.12 bits per heavy atom. The lowest BCUT2D eigenvalue weighted by atomic mass is 10.2. The van der Waals surface area contributed by atoms with E-state index in [0.29, 0.717) is 10.0 Å². The van der Waals surface area contributed by atoms with Gasteiger partial charge in [-0.05, 0) is 36.8 Å². The molecule has 0 bridgehead atoms. The zero-order valence-corrected chi connectivity index (χ0v) is 14.9. The summed E-state index contributed by atoms with van der Waals surface area (Å²) in [7, 11) is 0. The minimum atomic E-state index is -0.717. The fraction of sp³-hybridized carbons (Fsp3) is 0.235. The van der Waals surface area contributed by atoms with Crippen LogP contribution < -0.4 is 15.5 Å². The van der Waals surface area contributed by atoms with E-state index >= 15 is 0 Å². The number of benzene rings is 1. The Kier molecular flexibility index (Phi) is 4.16. The van der Waals surface area contributed by atoms with E-state index in [2.05, 4.69) is 10.6 Å². The molecule has 1 saturated heterocycles. The lowest BCUT2D eigenvalue weighted by Crippen LogP contribution is -2.31. The molecule has 1 aromatic heterocycles. The maximum absolute atomic E-state index is 14.1. The smallest absolute Gasteiger partial charge is 0.328 e. The first-order valence-electron chi connectivity index (χ1n) is 7.90. The number of urea groups is 1.